The van der Waals surface area contributed by atoms with Gasteiger partial charge in [0.15, 0.2) is 0 Å². The maximum atomic E-state index is 11.1. The van der Waals surface area contributed by atoms with Crippen LogP contribution in [-0.2, 0) is 9.09 Å². The fraction of sp³-hybridized carbons (Fsp3) is 0.227. The predicted molar refractivity (Wildman–Crippen MR) is 113 cm³/mol. The van der Waals surface area contributed by atoms with Gasteiger partial charge in [-0.2, -0.15) is 0 Å². The predicted octanol–water partition coefficient (Wildman–Crippen LogP) is 3.61. The molecule has 1 heterocycles. The number of imidazole rings is 1. The van der Waals surface area contributed by atoms with Crippen molar-refractivity contribution < 1.29 is 24.0 Å². The smallest absolute Gasteiger partial charge is 0.385 e. The number of nitrogens with zero attached hydrogens (tertiary/aromatic N) is 2. The van der Waals surface area contributed by atoms with Crippen LogP contribution in [-0.4, -0.2) is 31.1 Å². The van der Waals surface area contributed by atoms with Gasteiger partial charge in [-0.1, -0.05) is 53.8 Å². The Morgan fingerprint density at radius 3 is 2.27 bits per heavy atom. The number of aliphatic hydroxyl groups is 1. The van der Waals surface area contributed by atoms with Crippen LogP contribution in [0.15, 0.2) is 60.9 Å². The fourth-order valence-electron chi connectivity index (χ4n) is 2.93. The lowest BCUT2D eigenvalue weighted by molar-refractivity contribution is 0.165. The molecule has 156 valence electrons. The topological polar surface area (TPSA) is 105 Å². The number of rotatable bonds is 6. The number of aliphatic hydroxyl groups excluding tert-OH is 1. The molecule has 0 fully saturated rings. The molecule has 0 aliphatic heterocycles. The van der Waals surface area contributed by atoms with Gasteiger partial charge in [0.25, 0.3) is 0 Å². The van der Waals surface area contributed by atoms with E-state index in [4.69, 9.17) is 9.79 Å². The monoisotopic (exact) mass is 426 g/mol. The highest BCUT2D eigenvalue weighted by Gasteiger charge is 2.21. The first kappa shape index (κ1) is 22.0. The maximum Gasteiger partial charge on any atom is 0.469 e. The summed E-state index contributed by atoms with van der Waals surface area (Å²) in [6, 6.07) is 15.2. The van der Waals surface area contributed by atoms with Crippen molar-refractivity contribution in [2.45, 2.75) is 26.0 Å². The first-order chi connectivity index (χ1) is 14.2. The molecular weight excluding hydrogens is 403 g/mol. The summed E-state index contributed by atoms with van der Waals surface area (Å²) >= 11 is 0. The van der Waals surface area contributed by atoms with Crippen molar-refractivity contribution in [2.75, 3.05) is 6.61 Å². The fourth-order valence-corrected chi connectivity index (χ4v) is 3.26. The molecular formula is C22H23N2O5P. The van der Waals surface area contributed by atoms with Gasteiger partial charge >= 0.3 is 7.82 Å². The van der Waals surface area contributed by atoms with Gasteiger partial charge in [-0.05, 0) is 37.1 Å². The number of hydrogen-bond acceptors (Lipinski definition) is 4. The van der Waals surface area contributed by atoms with Crippen LogP contribution in [0.25, 0.3) is 11.1 Å². The Morgan fingerprint density at radius 1 is 1.10 bits per heavy atom. The highest BCUT2D eigenvalue weighted by molar-refractivity contribution is 7.46. The molecule has 0 amide bonds. The van der Waals surface area contributed by atoms with Crippen LogP contribution in [0.2, 0.25) is 0 Å². The van der Waals surface area contributed by atoms with E-state index in [1.807, 2.05) is 31.2 Å². The van der Waals surface area contributed by atoms with Crippen LogP contribution in [0.4, 0.5) is 0 Å². The van der Waals surface area contributed by atoms with E-state index in [9.17, 15) is 9.67 Å². The summed E-state index contributed by atoms with van der Waals surface area (Å²) in [5.41, 5.74) is 4.10. The Balaban J connectivity index is 1.85. The Kier molecular flexibility index (Phi) is 6.88. The number of benzene rings is 2. The summed E-state index contributed by atoms with van der Waals surface area (Å²) in [7, 11) is -4.66. The maximum absolute atomic E-state index is 11.1. The van der Waals surface area contributed by atoms with Crippen LogP contribution in [0.3, 0.4) is 0 Å². The second kappa shape index (κ2) is 9.40. The van der Waals surface area contributed by atoms with E-state index < -0.39 is 20.0 Å². The minimum Gasteiger partial charge on any atom is -0.385 e. The van der Waals surface area contributed by atoms with Gasteiger partial charge in [-0.25, -0.2) is 9.55 Å². The van der Waals surface area contributed by atoms with E-state index in [2.05, 4.69) is 45.6 Å². The average Bonchev–Trinajstić information content (AvgIpc) is 3.18. The molecule has 0 spiro atoms. The number of phosphoric ester groups is 1. The van der Waals surface area contributed by atoms with E-state index in [-0.39, 0.29) is 6.61 Å². The van der Waals surface area contributed by atoms with Crippen molar-refractivity contribution in [3.63, 3.8) is 0 Å². The van der Waals surface area contributed by atoms with Crippen molar-refractivity contribution in [1.82, 2.24) is 9.55 Å². The number of hydrogen-bond donors (Lipinski definition) is 3. The van der Waals surface area contributed by atoms with Crippen LogP contribution in [0.5, 0.6) is 0 Å². The summed E-state index contributed by atoms with van der Waals surface area (Å²) in [6.07, 6.45) is 2.21. The second-order valence-electron chi connectivity index (χ2n) is 6.88. The van der Waals surface area contributed by atoms with Crippen molar-refractivity contribution in [2.24, 2.45) is 0 Å². The molecule has 7 nitrogen and oxygen atoms in total. The first-order valence-electron chi connectivity index (χ1n) is 9.32. The van der Waals surface area contributed by atoms with Gasteiger partial charge in [0.1, 0.15) is 18.0 Å². The van der Waals surface area contributed by atoms with Crippen LogP contribution in [0.1, 0.15) is 36.0 Å². The van der Waals surface area contributed by atoms with Gasteiger partial charge < -0.3 is 19.5 Å². The molecule has 0 aliphatic rings. The SMILES string of the molecule is Cc1ccc(-c2ccc(C#C[C@@H](COP(=O)(O)O)n3ccnc3[C@H](C)O)cc2)cc1. The Bertz CT molecular complexity index is 1090. The molecule has 30 heavy (non-hydrogen) atoms. The van der Waals surface area contributed by atoms with Gasteiger partial charge in [0.2, 0.25) is 0 Å². The van der Waals surface area contributed by atoms with Crippen molar-refractivity contribution in [1.29, 1.82) is 0 Å². The van der Waals surface area contributed by atoms with Crippen LogP contribution >= 0.6 is 7.82 Å². The second-order valence-corrected chi connectivity index (χ2v) is 8.12. The molecule has 0 aliphatic carbocycles. The van der Waals surface area contributed by atoms with Gasteiger partial charge in [-0.3, -0.25) is 4.52 Å². The average molecular weight is 426 g/mol. The van der Waals surface area contributed by atoms with Crippen LogP contribution in [0, 0.1) is 18.8 Å². The van der Waals surface area contributed by atoms with E-state index in [1.165, 1.54) is 11.8 Å². The number of phosphoric acid groups is 1. The highest BCUT2D eigenvalue weighted by Crippen LogP contribution is 2.37. The van der Waals surface area contributed by atoms with Gasteiger partial charge in [0, 0.05) is 18.0 Å². The quantitative estimate of drug-likeness (QED) is 0.411. The highest BCUT2D eigenvalue weighted by atomic mass is 31.2. The minimum atomic E-state index is -4.66. The molecule has 3 rings (SSSR count). The minimum absolute atomic E-state index is 0.332. The Labute approximate surface area is 175 Å². The Morgan fingerprint density at radius 2 is 1.70 bits per heavy atom. The molecule has 2 atom stereocenters. The van der Waals surface area contributed by atoms with E-state index in [0.717, 1.165) is 16.7 Å². The third kappa shape index (κ3) is 5.90. The summed E-state index contributed by atoms with van der Waals surface area (Å²) in [5, 5.41) is 9.89. The van der Waals surface area contributed by atoms with Crippen LogP contribution < -0.4 is 0 Å². The third-order valence-electron chi connectivity index (χ3n) is 4.46. The summed E-state index contributed by atoms with van der Waals surface area (Å²) in [6.45, 7) is 3.24. The van der Waals surface area contributed by atoms with E-state index >= 15 is 0 Å². The summed E-state index contributed by atoms with van der Waals surface area (Å²) in [4.78, 5) is 22.2. The zero-order chi connectivity index (χ0) is 21.7. The zero-order valence-electron chi connectivity index (χ0n) is 16.6. The molecule has 0 saturated heterocycles. The molecule has 0 bridgehead atoms. The molecule has 3 aromatic rings. The zero-order valence-corrected chi connectivity index (χ0v) is 17.5. The van der Waals surface area contributed by atoms with Crippen molar-refractivity contribution in [3.8, 4) is 23.0 Å². The van der Waals surface area contributed by atoms with Crippen molar-refractivity contribution in [3.05, 3.63) is 77.9 Å². The Hall–Kier alpha value is -2.72. The summed E-state index contributed by atoms with van der Waals surface area (Å²) in [5.74, 6) is 6.31. The number of aryl methyl sites for hydroxylation is 1. The van der Waals surface area contributed by atoms with E-state index in [1.54, 1.807) is 17.7 Å². The van der Waals surface area contributed by atoms with E-state index in [0.29, 0.717) is 5.82 Å². The molecule has 8 heteroatoms. The molecule has 2 aromatic carbocycles. The molecule has 1 aromatic heterocycles. The molecule has 0 radical (unpaired) electrons. The molecule has 0 unspecified atom stereocenters. The van der Waals surface area contributed by atoms with Gasteiger partial charge in [-0.15, -0.1) is 0 Å². The largest absolute Gasteiger partial charge is 0.469 e. The lowest BCUT2D eigenvalue weighted by atomic mass is 10.0. The third-order valence-corrected chi connectivity index (χ3v) is 4.95. The lowest BCUT2D eigenvalue weighted by Crippen LogP contribution is -2.17. The van der Waals surface area contributed by atoms with Gasteiger partial charge in [0.05, 0.1) is 6.61 Å². The lowest BCUT2D eigenvalue weighted by Gasteiger charge is -2.17. The molecule has 3 N–H and O–H groups in total. The van der Waals surface area contributed by atoms with Crippen molar-refractivity contribution >= 4 is 7.82 Å². The standard InChI is InChI=1S/C22H23N2O5P/c1-16-3-8-19(9-4-16)20-10-5-18(6-11-20)7-12-21(15-29-30(26,27)28)24-14-13-23-22(24)17(2)25/h3-6,8-11,13-14,17,21,25H,15H2,1-2H3,(H2,26,27,28)/t17-,21-/m0/s1. The first-order valence-corrected chi connectivity index (χ1v) is 10.9. The summed E-state index contributed by atoms with van der Waals surface area (Å²) < 4.78 is 17.3. The normalized spacial score (nSPS) is 13.4. The molecule has 0 saturated carbocycles. The number of aromatic nitrogens is 2.